The van der Waals surface area contributed by atoms with Gasteiger partial charge in [-0.3, -0.25) is 14.4 Å². The third-order valence-corrected chi connectivity index (χ3v) is 5.91. The number of hydrogen-bond donors (Lipinski definition) is 2. The van der Waals surface area contributed by atoms with Crippen molar-refractivity contribution in [2.24, 2.45) is 0 Å². The topological polar surface area (TPSA) is 84.5 Å². The predicted molar refractivity (Wildman–Crippen MR) is 145 cm³/mol. The van der Waals surface area contributed by atoms with Gasteiger partial charge in [-0.2, -0.15) is 0 Å². The first kappa shape index (κ1) is 25.4. The molecular weight excluding hydrogens is 464 g/mol. The molecule has 0 saturated carbocycles. The molecule has 0 bridgehead atoms. The standard InChI is InChI=1S/C31H28N2O4/c1-3-37-28-18-8-7-17-27(28)33-31(36)25-15-10-16-26(20-25)32-30(35)21(2)23-13-9-14-24(19-23)29(34)22-11-5-4-6-12-22/h4-21H,3H2,1-2H3,(H,32,35)(H,33,36)/t21-/m1/s1. The molecule has 0 heterocycles. The van der Waals surface area contributed by atoms with Gasteiger partial charge in [0.1, 0.15) is 5.75 Å². The maximum atomic E-state index is 13.0. The maximum absolute atomic E-state index is 13.0. The molecule has 4 rings (SSSR count). The highest BCUT2D eigenvalue weighted by atomic mass is 16.5. The van der Waals surface area contributed by atoms with E-state index in [-0.39, 0.29) is 17.6 Å². The number of anilines is 2. The number of benzene rings is 4. The number of para-hydroxylation sites is 2. The fourth-order valence-corrected chi connectivity index (χ4v) is 3.89. The van der Waals surface area contributed by atoms with E-state index in [1.807, 2.05) is 43.3 Å². The SMILES string of the molecule is CCOc1ccccc1NC(=O)c1cccc(NC(=O)[C@H](C)c2cccc(C(=O)c3ccccc3)c2)c1. The van der Waals surface area contributed by atoms with Gasteiger partial charge in [-0.25, -0.2) is 0 Å². The molecule has 6 nitrogen and oxygen atoms in total. The number of carbonyl (C=O) groups excluding carboxylic acids is 3. The normalized spacial score (nSPS) is 11.3. The molecule has 2 N–H and O–H groups in total. The molecular formula is C31H28N2O4. The lowest BCUT2D eigenvalue weighted by atomic mass is 9.95. The van der Waals surface area contributed by atoms with Gasteiger partial charge in [-0.1, -0.05) is 66.7 Å². The summed E-state index contributed by atoms with van der Waals surface area (Å²) in [5.41, 5.74) is 3.31. The highest BCUT2D eigenvalue weighted by Gasteiger charge is 2.18. The first-order valence-corrected chi connectivity index (χ1v) is 12.1. The summed E-state index contributed by atoms with van der Waals surface area (Å²) in [7, 11) is 0. The zero-order chi connectivity index (χ0) is 26.2. The van der Waals surface area contributed by atoms with Crippen molar-refractivity contribution in [2.75, 3.05) is 17.2 Å². The molecule has 0 unspecified atom stereocenters. The minimum Gasteiger partial charge on any atom is -0.492 e. The summed E-state index contributed by atoms with van der Waals surface area (Å²) in [6.07, 6.45) is 0. The molecule has 0 saturated heterocycles. The van der Waals surface area contributed by atoms with Gasteiger partial charge >= 0.3 is 0 Å². The average Bonchev–Trinajstić information content (AvgIpc) is 2.94. The summed E-state index contributed by atoms with van der Waals surface area (Å²) < 4.78 is 5.57. The van der Waals surface area contributed by atoms with Gasteiger partial charge in [0.15, 0.2) is 5.78 Å². The van der Waals surface area contributed by atoms with Crippen LogP contribution in [0.15, 0.2) is 103 Å². The Labute approximate surface area is 216 Å². The largest absolute Gasteiger partial charge is 0.492 e. The van der Waals surface area contributed by atoms with Gasteiger partial charge in [0.2, 0.25) is 5.91 Å². The molecule has 2 amide bonds. The second-order valence-electron chi connectivity index (χ2n) is 8.50. The van der Waals surface area contributed by atoms with E-state index in [1.165, 1.54) is 0 Å². The first-order valence-electron chi connectivity index (χ1n) is 12.1. The molecule has 1 atom stereocenters. The fraction of sp³-hybridized carbons (Fsp3) is 0.129. The van der Waals surface area contributed by atoms with E-state index >= 15 is 0 Å². The van der Waals surface area contributed by atoms with Crippen LogP contribution >= 0.6 is 0 Å². The summed E-state index contributed by atoms with van der Waals surface area (Å²) in [6, 6.07) is 30.1. The van der Waals surface area contributed by atoms with Crippen molar-refractivity contribution in [3.05, 3.63) is 125 Å². The number of ketones is 1. The van der Waals surface area contributed by atoms with Crippen LogP contribution in [0, 0.1) is 0 Å². The van der Waals surface area contributed by atoms with E-state index < -0.39 is 5.92 Å². The molecule has 0 aliphatic heterocycles. The van der Waals surface area contributed by atoms with E-state index in [0.717, 1.165) is 5.56 Å². The smallest absolute Gasteiger partial charge is 0.255 e. The molecule has 186 valence electrons. The van der Waals surface area contributed by atoms with Crippen molar-refractivity contribution in [1.82, 2.24) is 0 Å². The third kappa shape index (κ3) is 6.30. The Morgan fingerprint density at radius 3 is 2.19 bits per heavy atom. The highest BCUT2D eigenvalue weighted by molar-refractivity contribution is 6.09. The van der Waals surface area contributed by atoms with Crippen molar-refractivity contribution in [2.45, 2.75) is 19.8 Å². The second-order valence-corrected chi connectivity index (χ2v) is 8.50. The minimum atomic E-state index is -0.515. The van der Waals surface area contributed by atoms with Crippen molar-refractivity contribution in [1.29, 1.82) is 0 Å². The van der Waals surface area contributed by atoms with Crippen molar-refractivity contribution in [3.8, 4) is 5.75 Å². The lowest BCUT2D eigenvalue weighted by molar-refractivity contribution is -0.117. The number of amides is 2. The summed E-state index contributed by atoms with van der Waals surface area (Å²) >= 11 is 0. The number of ether oxygens (including phenoxy) is 1. The Morgan fingerprint density at radius 1 is 0.730 bits per heavy atom. The van der Waals surface area contributed by atoms with Crippen LogP contribution in [0.1, 0.15) is 51.6 Å². The fourth-order valence-electron chi connectivity index (χ4n) is 3.89. The van der Waals surface area contributed by atoms with Crippen LogP contribution in [0.5, 0.6) is 5.75 Å². The van der Waals surface area contributed by atoms with E-state index in [9.17, 15) is 14.4 Å². The first-order chi connectivity index (χ1) is 18.0. The molecule has 4 aromatic carbocycles. The van der Waals surface area contributed by atoms with Crippen LogP contribution in [-0.2, 0) is 4.79 Å². The van der Waals surface area contributed by atoms with E-state index in [1.54, 1.807) is 73.7 Å². The molecule has 0 spiro atoms. The zero-order valence-electron chi connectivity index (χ0n) is 20.7. The molecule has 0 aliphatic rings. The summed E-state index contributed by atoms with van der Waals surface area (Å²) in [5, 5.41) is 5.75. The quantitative estimate of drug-likeness (QED) is 0.268. The monoisotopic (exact) mass is 492 g/mol. The van der Waals surface area contributed by atoms with Gasteiger partial charge in [0, 0.05) is 22.4 Å². The molecule has 4 aromatic rings. The van der Waals surface area contributed by atoms with E-state index in [2.05, 4.69) is 10.6 Å². The lowest BCUT2D eigenvalue weighted by Crippen LogP contribution is -2.20. The van der Waals surface area contributed by atoms with Crippen LogP contribution in [0.25, 0.3) is 0 Å². The van der Waals surface area contributed by atoms with Crippen LogP contribution < -0.4 is 15.4 Å². The van der Waals surface area contributed by atoms with Gasteiger partial charge < -0.3 is 15.4 Å². The summed E-state index contributed by atoms with van der Waals surface area (Å²) in [4.78, 5) is 38.7. The van der Waals surface area contributed by atoms with Crippen LogP contribution in [0.4, 0.5) is 11.4 Å². The summed E-state index contributed by atoms with van der Waals surface area (Å²) in [6.45, 7) is 4.14. The molecule has 6 heteroatoms. The van der Waals surface area contributed by atoms with E-state index in [0.29, 0.717) is 40.4 Å². The van der Waals surface area contributed by atoms with Gasteiger partial charge in [-0.15, -0.1) is 0 Å². The molecule has 0 aromatic heterocycles. The Hall–Kier alpha value is -4.71. The average molecular weight is 493 g/mol. The minimum absolute atomic E-state index is 0.0975. The summed E-state index contributed by atoms with van der Waals surface area (Å²) in [5.74, 6) is -0.588. The number of carbonyl (C=O) groups is 3. The maximum Gasteiger partial charge on any atom is 0.255 e. The highest BCUT2D eigenvalue weighted by Crippen LogP contribution is 2.25. The Morgan fingerprint density at radius 2 is 1.41 bits per heavy atom. The molecule has 0 aliphatic carbocycles. The van der Waals surface area contributed by atoms with Crippen molar-refractivity contribution >= 4 is 29.0 Å². The van der Waals surface area contributed by atoms with Gasteiger partial charge in [-0.05, 0) is 55.8 Å². The molecule has 0 fully saturated rings. The Balaban J connectivity index is 1.45. The molecule has 0 radical (unpaired) electrons. The van der Waals surface area contributed by atoms with Gasteiger partial charge in [0.05, 0.1) is 18.2 Å². The number of nitrogens with one attached hydrogen (secondary N) is 2. The molecule has 37 heavy (non-hydrogen) atoms. The van der Waals surface area contributed by atoms with Crippen molar-refractivity contribution in [3.63, 3.8) is 0 Å². The van der Waals surface area contributed by atoms with Crippen molar-refractivity contribution < 1.29 is 19.1 Å². The van der Waals surface area contributed by atoms with Crippen LogP contribution in [-0.4, -0.2) is 24.2 Å². The zero-order valence-corrected chi connectivity index (χ0v) is 20.7. The number of hydrogen-bond acceptors (Lipinski definition) is 4. The third-order valence-electron chi connectivity index (χ3n) is 5.91. The number of rotatable bonds is 9. The second kappa shape index (κ2) is 11.8. The van der Waals surface area contributed by atoms with Gasteiger partial charge in [0.25, 0.3) is 5.91 Å². The Kier molecular flexibility index (Phi) is 8.11. The van der Waals surface area contributed by atoms with Crippen LogP contribution in [0.3, 0.4) is 0 Å². The van der Waals surface area contributed by atoms with Crippen LogP contribution in [0.2, 0.25) is 0 Å². The predicted octanol–water partition coefficient (Wildman–Crippen LogP) is 6.31. The lowest BCUT2D eigenvalue weighted by Gasteiger charge is -2.15. The van der Waals surface area contributed by atoms with E-state index in [4.69, 9.17) is 4.74 Å². The Bertz CT molecular complexity index is 1420.